The van der Waals surface area contributed by atoms with Gasteiger partial charge in [0.25, 0.3) is 0 Å². The van der Waals surface area contributed by atoms with E-state index in [1.54, 1.807) is 0 Å². The number of likely N-dealkylation sites (tertiary alicyclic amines) is 1. The topological polar surface area (TPSA) is 15.3 Å². The molecule has 0 aromatic heterocycles. The van der Waals surface area contributed by atoms with Gasteiger partial charge in [-0.3, -0.25) is 0 Å². The first kappa shape index (κ1) is 14.5. The van der Waals surface area contributed by atoms with Gasteiger partial charge in [-0.05, 0) is 63.4 Å². The van der Waals surface area contributed by atoms with Gasteiger partial charge in [0, 0.05) is 12.6 Å². The molecule has 1 aromatic rings. The Morgan fingerprint density at radius 1 is 1.26 bits per heavy atom. The fourth-order valence-corrected chi connectivity index (χ4v) is 3.09. The molecule has 0 saturated carbocycles. The van der Waals surface area contributed by atoms with Crippen LogP contribution in [0.5, 0.6) is 0 Å². The predicted octanol–water partition coefficient (Wildman–Crippen LogP) is 3.38. The van der Waals surface area contributed by atoms with Crippen molar-refractivity contribution in [2.75, 3.05) is 26.7 Å². The summed E-state index contributed by atoms with van der Waals surface area (Å²) in [4.78, 5) is 2.64. The standard InChI is InChI=1S/C17H28N2/c1-14-7-6-11-19(12-10-14)13-17(18-3)16-9-5-4-8-15(16)2/h4-5,8-9,14,17-18H,6-7,10-13H2,1-3H3. The van der Waals surface area contributed by atoms with Crippen molar-refractivity contribution in [1.82, 2.24) is 10.2 Å². The van der Waals surface area contributed by atoms with E-state index in [0.717, 1.165) is 12.5 Å². The number of nitrogens with one attached hydrogen (secondary N) is 1. The molecule has 2 atom stereocenters. The van der Waals surface area contributed by atoms with Gasteiger partial charge < -0.3 is 10.2 Å². The Kier molecular flexibility index (Phi) is 5.41. The van der Waals surface area contributed by atoms with Crippen LogP contribution in [0.3, 0.4) is 0 Å². The highest BCUT2D eigenvalue weighted by Crippen LogP contribution is 2.21. The lowest BCUT2D eigenvalue weighted by atomic mass is 10.0. The second-order valence-corrected chi connectivity index (χ2v) is 6.03. The second kappa shape index (κ2) is 7.06. The largest absolute Gasteiger partial charge is 0.312 e. The van der Waals surface area contributed by atoms with E-state index >= 15 is 0 Å². The normalized spacial score (nSPS) is 23.0. The molecule has 2 heteroatoms. The van der Waals surface area contributed by atoms with Gasteiger partial charge in [-0.1, -0.05) is 31.2 Å². The van der Waals surface area contributed by atoms with E-state index in [1.807, 2.05) is 0 Å². The Balaban J connectivity index is 2.01. The van der Waals surface area contributed by atoms with Crippen LogP contribution >= 0.6 is 0 Å². The summed E-state index contributed by atoms with van der Waals surface area (Å²) in [6.07, 6.45) is 4.10. The summed E-state index contributed by atoms with van der Waals surface area (Å²) in [5.41, 5.74) is 2.84. The van der Waals surface area contributed by atoms with Gasteiger partial charge >= 0.3 is 0 Å². The maximum absolute atomic E-state index is 3.50. The fraction of sp³-hybridized carbons (Fsp3) is 0.647. The zero-order valence-corrected chi connectivity index (χ0v) is 12.7. The van der Waals surface area contributed by atoms with Crippen molar-refractivity contribution in [3.05, 3.63) is 35.4 Å². The van der Waals surface area contributed by atoms with Crippen LogP contribution in [0.4, 0.5) is 0 Å². The minimum atomic E-state index is 0.453. The predicted molar refractivity (Wildman–Crippen MR) is 82.4 cm³/mol. The van der Waals surface area contributed by atoms with Crippen molar-refractivity contribution >= 4 is 0 Å². The molecule has 2 unspecified atom stereocenters. The van der Waals surface area contributed by atoms with E-state index in [-0.39, 0.29) is 0 Å². The third kappa shape index (κ3) is 4.05. The summed E-state index contributed by atoms with van der Waals surface area (Å²) in [7, 11) is 2.08. The average Bonchev–Trinajstić information content (AvgIpc) is 2.62. The maximum atomic E-state index is 3.50. The van der Waals surface area contributed by atoms with Gasteiger partial charge in [-0.15, -0.1) is 0 Å². The fourth-order valence-electron chi connectivity index (χ4n) is 3.09. The lowest BCUT2D eigenvalue weighted by molar-refractivity contribution is 0.253. The summed E-state index contributed by atoms with van der Waals surface area (Å²) in [6, 6.07) is 9.20. The van der Waals surface area contributed by atoms with E-state index in [2.05, 4.69) is 55.4 Å². The number of likely N-dealkylation sites (N-methyl/N-ethyl adjacent to an activating group) is 1. The lowest BCUT2D eigenvalue weighted by Gasteiger charge is -2.27. The van der Waals surface area contributed by atoms with Crippen molar-refractivity contribution in [3.8, 4) is 0 Å². The SMILES string of the molecule is CNC(CN1CCCC(C)CC1)c1ccccc1C. The molecule has 106 valence electrons. The minimum absolute atomic E-state index is 0.453. The van der Waals surface area contributed by atoms with Crippen molar-refractivity contribution < 1.29 is 0 Å². The summed E-state index contributed by atoms with van der Waals surface area (Å²) in [5.74, 6) is 0.900. The van der Waals surface area contributed by atoms with Gasteiger partial charge in [0.1, 0.15) is 0 Å². The molecule has 0 radical (unpaired) electrons. The molecular weight excluding hydrogens is 232 g/mol. The highest BCUT2D eigenvalue weighted by Gasteiger charge is 2.18. The van der Waals surface area contributed by atoms with Crippen LogP contribution in [-0.2, 0) is 0 Å². The molecule has 1 fully saturated rings. The Hall–Kier alpha value is -0.860. The molecule has 1 aromatic carbocycles. The van der Waals surface area contributed by atoms with Crippen LogP contribution in [-0.4, -0.2) is 31.6 Å². The molecule has 1 N–H and O–H groups in total. The zero-order chi connectivity index (χ0) is 13.7. The Morgan fingerprint density at radius 3 is 2.79 bits per heavy atom. The smallest absolute Gasteiger partial charge is 0.0449 e. The van der Waals surface area contributed by atoms with Gasteiger partial charge in [0.05, 0.1) is 0 Å². The van der Waals surface area contributed by atoms with Gasteiger partial charge in [0.15, 0.2) is 0 Å². The zero-order valence-electron chi connectivity index (χ0n) is 12.7. The third-order valence-electron chi connectivity index (χ3n) is 4.46. The van der Waals surface area contributed by atoms with E-state index in [4.69, 9.17) is 0 Å². The van der Waals surface area contributed by atoms with E-state index < -0.39 is 0 Å². The van der Waals surface area contributed by atoms with Crippen molar-refractivity contribution in [2.24, 2.45) is 5.92 Å². The lowest BCUT2D eigenvalue weighted by Crippen LogP contribution is -2.35. The Morgan fingerprint density at radius 2 is 2.05 bits per heavy atom. The number of hydrogen-bond acceptors (Lipinski definition) is 2. The van der Waals surface area contributed by atoms with Crippen molar-refractivity contribution in [3.63, 3.8) is 0 Å². The summed E-state index contributed by atoms with van der Waals surface area (Å²) < 4.78 is 0. The van der Waals surface area contributed by atoms with Gasteiger partial charge in [-0.25, -0.2) is 0 Å². The first-order valence-corrected chi connectivity index (χ1v) is 7.66. The number of benzene rings is 1. The summed E-state index contributed by atoms with van der Waals surface area (Å²) in [5, 5.41) is 3.50. The molecule has 0 aliphatic carbocycles. The molecule has 0 bridgehead atoms. The van der Waals surface area contributed by atoms with Crippen LogP contribution in [0, 0.1) is 12.8 Å². The minimum Gasteiger partial charge on any atom is -0.312 e. The first-order chi connectivity index (χ1) is 9.20. The second-order valence-electron chi connectivity index (χ2n) is 6.03. The van der Waals surface area contributed by atoms with Crippen LogP contribution in [0.2, 0.25) is 0 Å². The van der Waals surface area contributed by atoms with Crippen LogP contribution in [0.15, 0.2) is 24.3 Å². The van der Waals surface area contributed by atoms with Gasteiger partial charge in [-0.2, -0.15) is 0 Å². The van der Waals surface area contributed by atoms with Crippen molar-refractivity contribution in [2.45, 2.75) is 39.2 Å². The molecule has 0 spiro atoms. The Bertz CT molecular complexity index is 389. The van der Waals surface area contributed by atoms with E-state index in [1.165, 1.54) is 43.5 Å². The number of hydrogen-bond donors (Lipinski definition) is 1. The molecule has 2 nitrogen and oxygen atoms in total. The third-order valence-corrected chi connectivity index (χ3v) is 4.46. The molecule has 1 aliphatic rings. The van der Waals surface area contributed by atoms with E-state index in [9.17, 15) is 0 Å². The van der Waals surface area contributed by atoms with E-state index in [0.29, 0.717) is 6.04 Å². The number of aryl methyl sites for hydroxylation is 1. The van der Waals surface area contributed by atoms with Gasteiger partial charge in [0.2, 0.25) is 0 Å². The number of rotatable bonds is 4. The maximum Gasteiger partial charge on any atom is 0.0449 e. The molecular formula is C17H28N2. The molecule has 1 heterocycles. The molecule has 1 saturated heterocycles. The van der Waals surface area contributed by atoms with Crippen molar-refractivity contribution in [1.29, 1.82) is 0 Å². The Labute approximate surface area is 118 Å². The summed E-state index contributed by atoms with van der Waals surface area (Å²) >= 11 is 0. The molecule has 0 amide bonds. The molecule has 1 aliphatic heterocycles. The monoisotopic (exact) mass is 260 g/mol. The number of nitrogens with zero attached hydrogens (tertiary/aromatic N) is 1. The first-order valence-electron chi connectivity index (χ1n) is 7.66. The van der Waals surface area contributed by atoms with Crippen LogP contribution in [0.1, 0.15) is 43.4 Å². The quantitative estimate of drug-likeness (QED) is 0.893. The highest BCUT2D eigenvalue weighted by molar-refractivity contribution is 5.28. The molecule has 19 heavy (non-hydrogen) atoms. The van der Waals surface area contributed by atoms with Crippen LogP contribution < -0.4 is 5.32 Å². The summed E-state index contributed by atoms with van der Waals surface area (Å²) in [6.45, 7) is 8.25. The van der Waals surface area contributed by atoms with Crippen LogP contribution in [0.25, 0.3) is 0 Å². The average molecular weight is 260 g/mol. The highest BCUT2D eigenvalue weighted by atomic mass is 15.1. The molecule has 2 rings (SSSR count).